The van der Waals surface area contributed by atoms with E-state index < -0.39 is 74.8 Å². The van der Waals surface area contributed by atoms with Crippen LogP contribution in [0.3, 0.4) is 0 Å². The number of methoxy groups -OCH3 is 1. The number of rotatable bonds is 28. The molecule has 0 saturated carbocycles. The smallest absolute Gasteiger partial charge is 0.303 e. The summed E-state index contributed by atoms with van der Waals surface area (Å²) < 4.78 is 155. The number of fused-ring (bicyclic) bond motifs is 2. The molecule has 0 bridgehead atoms. The normalized spacial score (nSPS) is 20.5. The molecule has 3 unspecified atom stereocenters. The average molecular weight is 968 g/mol. The van der Waals surface area contributed by atoms with Crippen molar-refractivity contribution in [3.8, 4) is 0 Å². The Labute approximate surface area is 370 Å². The fourth-order valence-corrected chi connectivity index (χ4v) is 10.7. The monoisotopic (exact) mass is 967 g/mol. The maximum absolute atomic E-state index is 12.4. The zero-order valence-corrected chi connectivity index (χ0v) is 38.9. The molecule has 23 heteroatoms. The Morgan fingerprint density at radius 3 is 1.90 bits per heavy atom. The van der Waals surface area contributed by atoms with Crippen molar-refractivity contribution in [1.29, 1.82) is 0 Å². The number of unbranched alkanes of at least 4 members (excludes halogenated alkanes) is 2. The molecule has 0 fully saturated rings. The summed E-state index contributed by atoms with van der Waals surface area (Å²) in [7, 11) is -16.6. The van der Waals surface area contributed by atoms with E-state index in [1.54, 1.807) is 20.1 Å². The maximum atomic E-state index is 12.4. The van der Waals surface area contributed by atoms with Crippen LogP contribution in [-0.2, 0) is 70.3 Å². The lowest BCUT2D eigenvalue weighted by Gasteiger charge is -2.37. The fraction of sp³-hybridized carbons (Fsp3) is 0.600. The quantitative estimate of drug-likeness (QED) is 0.0452. The Morgan fingerprint density at radius 2 is 1.32 bits per heavy atom. The third-order valence-corrected chi connectivity index (χ3v) is 15.0. The van der Waals surface area contributed by atoms with E-state index >= 15 is 0 Å². The number of carboxylic acid groups (broad SMARTS) is 1. The van der Waals surface area contributed by atoms with Crippen LogP contribution >= 0.6 is 0 Å². The summed E-state index contributed by atoms with van der Waals surface area (Å²) in [6, 6.07) is 7.77. The second-order valence-electron chi connectivity index (χ2n) is 16.1. The van der Waals surface area contributed by atoms with E-state index in [9.17, 15) is 61.8 Å². The lowest BCUT2D eigenvalue weighted by atomic mass is 9.73. The van der Waals surface area contributed by atoms with Crippen molar-refractivity contribution < 1.29 is 80.6 Å². The van der Waals surface area contributed by atoms with Crippen LogP contribution in [0.15, 0.2) is 58.3 Å². The van der Waals surface area contributed by atoms with Gasteiger partial charge in [0, 0.05) is 61.3 Å². The summed E-state index contributed by atoms with van der Waals surface area (Å²) in [5.74, 6) is -2.11. The van der Waals surface area contributed by atoms with Crippen LogP contribution in [-0.4, -0.2) is 144 Å². The average Bonchev–Trinajstić information content (AvgIpc) is 3.53. The van der Waals surface area contributed by atoms with Gasteiger partial charge >= 0.3 is 5.97 Å². The van der Waals surface area contributed by atoms with Gasteiger partial charge < -0.3 is 24.2 Å². The van der Waals surface area contributed by atoms with E-state index in [1.807, 2.05) is 28.6 Å². The Kier molecular flexibility index (Phi) is 18.0. The van der Waals surface area contributed by atoms with Crippen LogP contribution in [0.25, 0.3) is 0 Å². The van der Waals surface area contributed by atoms with Crippen molar-refractivity contribution in [1.82, 2.24) is 0 Å². The van der Waals surface area contributed by atoms with Crippen LogP contribution in [0.2, 0.25) is 0 Å². The predicted molar refractivity (Wildman–Crippen MR) is 233 cm³/mol. The molecule has 0 aromatic heterocycles. The molecule has 2 aromatic rings. The molecule has 0 spiro atoms. The molecular formula is C40H59N2O17S4+. The first-order valence-electron chi connectivity index (χ1n) is 20.4. The standard InChI is InChI=1S/C40H58N2O17S4/c1-39(17-8-26-60(45,46)47)32-28-30(62(51,52)53)13-15-34(32)41(19-6-4-5-12-38(43)44)36(39)10-7-11-37-40(2,18-9-27-61(48,49)50)33-29-31(63(54,55)56)14-16-35(33)42(37)20-21-58-24-25-59-23-22-57-3/h7,10,13-16,28-29,37H,4-6,8-9,11-12,17-27H2,1-3H3,(H4-,43,44,45,46,47,48,49,50,51,52,53,54,55,56)/p+1/b10-7+. The maximum Gasteiger partial charge on any atom is 0.303 e. The fourth-order valence-electron chi connectivity index (χ4n) is 8.62. The molecule has 0 aliphatic carbocycles. The number of benzene rings is 2. The molecule has 0 saturated heterocycles. The second-order valence-corrected chi connectivity index (χ2v) is 22.1. The molecule has 2 heterocycles. The lowest BCUT2D eigenvalue weighted by Crippen LogP contribution is -2.44. The Bertz CT molecular complexity index is 2460. The SMILES string of the molecule is COCCOCCOCCN1c2ccc(S(=O)(=O)O)cc2C(C)(CCCS(=O)(=O)O)C1C/C=C/C1=[N+](CCCCCC(=O)O)c2ccc(S(=O)(=O)O)cc2C1(C)CCCS(=O)(=O)O. The molecule has 0 radical (unpaired) electrons. The molecule has 4 rings (SSSR count). The highest BCUT2D eigenvalue weighted by Gasteiger charge is 2.50. The number of hydrogen-bond donors (Lipinski definition) is 5. The van der Waals surface area contributed by atoms with E-state index in [1.165, 1.54) is 30.3 Å². The Morgan fingerprint density at radius 1 is 0.746 bits per heavy atom. The van der Waals surface area contributed by atoms with Crippen LogP contribution in [0.1, 0.15) is 82.8 Å². The highest BCUT2D eigenvalue weighted by molar-refractivity contribution is 7.86. The van der Waals surface area contributed by atoms with Crippen molar-refractivity contribution in [3.63, 3.8) is 0 Å². The third-order valence-electron chi connectivity index (χ3n) is 11.7. The minimum atomic E-state index is -4.68. The number of anilines is 1. The van der Waals surface area contributed by atoms with Gasteiger partial charge in [0.15, 0.2) is 5.71 Å². The van der Waals surface area contributed by atoms with Gasteiger partial charge in [0.2, 0.25) is 5.69 Å². The number of carbonyl (C=O) groups is 1. The van der Waals surface area contributed by atoms with Crippen LogP contribution in [0.5, 0.6) is 0 Å². The molecule has 2 aliphatic rings. The van der Waals surface area contributed by atoms with Crippen LogP contribution in [0.4, 0.5) is 11.4 Å². The number of ether oxygens (including phenoxy) is 3. The molecule has 5 N–H and O–H groups in total. The minimum Gasteiger partial charge on any atom is -0.481 e. The molecule has 354 valence electrons. The number of nitrogens with zero attached hydrogens (tertiary/aromatic N) is 2. The highest BCUT2D eigenvalue weighted by atomic mass is 32.2. The van der Waals surface area contributed by atoms with Gasteiger partial charge in [-0.1, -0.05) is 13.0 Å². The van der Waals surface area contributed by atoms with Crippen LogP contribution in [0, 0.1) is 0 Å². The van der Waals surface area contributed by atoms with Crippen molar-refractivity contribution in [2.24, 2.45) is 0 Å². The van der Waals surface area contributed by atoms with Crippen LogP contribution < -0.4 is 4.90 Å². The van der Waals surface area contributed by atoms with E-state index in [2.05, 4.69) is 0 Å². The molecular weight excluding hydrogens is 909 g/mol. The summed E-state index contributed by atoms with van der Waals surface area (Å²) in [5, 5.41) is 9.19. The van der Waals surface area contributed by atoms with Gasteiger partial charge in [-0.15, -0.1) is 0 Å². The summed E-state index contributed by atoms with van der Waals surface area (Å²) in [5.41, 5.74) is 0.658. The van der Waals surface area contributed by atoms with E-state index in [4.69, 9.17) is 14.2 Å². The first kappa shape index (κ1) is 52.3. The number of carboxylic acids is 1. The van der Waals surface area contributed by atoms with Crippen molar-refractivity contribution in [2.45, 2.75) is 98.3 Å². The molecule has 0 amide bonds. The first-order chi connectivity index (χ1) is 29.3. The second kappa shape index (κ2) is 21.8. The van der Waals surface area contributed by atoms with Gasteiger partial charge in [0.05, 0.1) is 59.7 Å². The Balaban J connectivity index is 1.83. The molecule has 19 nitrogen and oxygen atoms in total. The number of aliphatic carboxylic acids is 1. The van der Waals surface area contributed by atoms with Crippen molar-refractivity contribution >= 4 is 63.5 Å². The molecule has 2 aliphatic heterocycles. The third kappa shape index (κ3) is 14.3. The number of hydrogen-bond acceptors (Lipinski definition) is 13. The van der Waals surface area contributed by atoms with Gasteiger partial charge in [-0.05, 0) is 87.8 Å². The van der Waals surface area contributed by atoms with E-state index in [-0.39, 0.29) is 68.1 Å². The summed E-state index contributed by atoms with van der Waals surface area (Å²) in [6.07, 6.45) is 5.47. The number of allylic oxidation sites excluding steroid dienone is 1. The summed E-state index contributed by atoms with van der Waals surface area (Å²) >= 11 is 0. The molecule has 3 atom stereocenters. The summed E-state index contributed by atoms with van der Waals surface area (Å²) in [4.78, 5) is 12.5. The van der Waals surface area contributed by atoms with E-state index in [0.29, 0.717) is 73.8 Å². The predicted octanol–water partition coefficient (Wildman–Crippen LogP) is 4.29. The summed E-state index contributed by atoms with van der Waals surface area (Å²) in [6.45, 7) is 5.77. The van der Waals surface area contributed by atoms with Gasteiger partial charge in [0.25, 0.3) is 40.5 Å². The minimum absolute atomic E-state index is 0.0154. The van der Waals surface area contributed by atoms with E-state index in [0.717, 1.165) is 0 Å². The largest absolute Gasteiger partial charge is 0.481 e. The first-order valence-corrected chi connectivity index (χ1v) is 26.5. The van der Waals surface area contributed by atoms with Crippen molar-refractivity contribution in [3.05, 3.63) is 59.7 Å². The zero-order valence-electron chi connectivity index (χ0n) is 35.6. The molecule has 63 heavy (non-hydrogen) atoms. The topological polar surface area (TPSA) is 289 Å². The van der Waals surface area contributed by atoms with Gasteiger partial charge in [-0.3, -0.25) is 23.0 Å². The van der Waals surface area contributed by atoms with Gasteiger partial charge in [-0.25, -0.2) is 0 Å². The van der Waals surface area contributed by atoms with Gasteiger partial charge in [-0.2, -0.15) is 38.2 Å². The highest BCUT2D eigenvalue weighted by Crippen LogP contribution is 2.50. The van der Waals surface area contributed by atoms with Crippen molar-refractivity contribution in [2.75, 3.05) is 69.6 Å². The Hall–Kier alpha value is -3.36. The molecule has 2 aromatic carbocycles. The zero-order chi connectivity index (χ0) is 46.9. The van der Waals surface area contributed by atoms with Gasteiger partial charge in [0.1, 0.15) is 6.54 Å². The lowest BCUT2D eigenvalue weighted by molar-refractivity contribution is -0.438.